The monoisotopic (exact) mass is 427 g/mol. The van der Waals surface area contributed by atoms with Crippen LogP contribution in [0.25, 0.3) is 0 Å². The lowest BCUT2D eigenvalue weighted by Crippen LogP contribution is -2.51. The second-order valence-electron chi connectivity index (χ2n) is 8.27. The van der Waals surface area contributed by atoms with E-state index in [1.807, 2.05) is 55.5 Å². The Hall–Kier alpha value is -1.95. The predicted octanol–water partition coefficient (Wildman–Crippen LogP) is 5.48. The third kappa shape index (κ3) is 4.85. The molecule has 0 N–H and O–H groups in total. The molecule has 4 nitrogen and oxygen atoms in total. The minimum absolute atomic E-state index is 0.175. The Labute approximate surface area is 181 Å². The van der Waals surface area contributed by atoms with Crippen LogP contribution in [0.3, 0.4) is 0 Å². The summed E-state index contributed by atoms with van der Waals surface area (Å²) < 4.78 is 35.3. The zero-order valence-corrected chi connectivity index (χ0v) is 18.9. The van der Waals surface area contributed by atoms with Crippen molar-refractivity contribution in [3.05, 3.63) is 78.4 Å². The molecule has 1 fully saturated rings. The van der Waals surface area contributed by atoms with Crippen molar-refractivity contribution in [1.29, 1.82) is 0 Å². The number of hydrogen-bond acceptors (Lipinski definition) is 3. The Morgan fingerprint density at radius 1 is 1.17 bits per heavy atom. The number of sulfonamides is 1. The molecule has 0 unspecified atom stereocenters. The van der Waals surface area contributed by atoms with Crippen LogP contribution >= 0.6 is 0 Å². The van der Waals surface area contributed by atoms with Crippen LogP contribution in [-0.2, 0) is 21.4 Å². The first-order chi connectivity index (χ1) is 14.4. The van der Waals surface area contributed by atoms with Crippen molar-refractivity contribution in [1.82, 2.24) is 4.31 Å². The van der Waals surface area contributed by atoms with Crippen LogP contribution in [0.5, 0.6) is 0 Å². The van der Waals surface area contributed by atoms with E-state index >= 15 is 0 Å². The van der Waals surface area contributed by atoms with Crippen molar-refractivity contribution in [3.63, 3.8) is 0 Å². The van der Waals surface area contributed by atoms with Gasteiger partial charge in [-0.25, -0.2) is 8.42 Å². The molecule has 1 heterocycles. The molecule has 0 saturated carbocycles. The van der Waals surface area contributed by atoms with Gasteiger partial charge in [0, 0.05) is 11.6 Å². The number of nitrogens with zero attached hydrogens (tertiary/aromatic N) is 1. The molecule has 162 valence electrons. The van der Waals surface area contributed by atoms with Crippen molar-refractivity contribution >= 4 is 10.0 Å². The molecule has 0 amide bonds. The van der Waals surface area contributed by atoms with Crippen LogP contribution < -0.4 is 0 Å². The van der Waals surface area contributed by atoms with Crippen LogP contribution in [0.15, 0.2) is 72.1 Å². The molecule has 2 atom stereocenters. The van der Waals surface area contributed by atoms with Gasteiger partial charge in [0.05, 0.1) is 18.1 Å². The minimum atomic E-state index is -3.65. The molecule has 0 aliphatic carbocycles. The van der Waals surface area contributed by atoms with E-state index in [-0.39, 0.29) is 6.04 Å². The van der Waals surface area contributed by atoms with Crippen LogP contribution in [0.2, 0.25) is 0 Å². The molecule has 1 aliphatic rings. The highest BCUT2D eigenvalue weighted by Crippen LogP contribution is 2.44. The average molecular weight is 428 g/mol. The van der Waals surface area contributed by atoms with Crippen molar-refractivity contribution in [2.45, 2.75) is 69.0 Å². The van der Waals surface area contributed by atoms with Gasteiger partial charge in [0.15, 0.2) is 0 Å². The van der Waals surface area contributed by atoms with Crippen molar-refractivity contribution in [3.8, 4) is 0 Å². The van der Waals surface area contributed by atoms with Crippen LogP contribution in [0.1, 0.15) is 50.2 Å². The summed E-state index contributed by atoms with van der Waals surface area (Å²) in [6.07, 6.45) is 5.89. The van der Waals surface area contributed by atoms with E-state index in [1.54, 1.807) is 16.4 Å². The Morgan fingerprint density at radius 3 is 2.50 bits per heavy atom. The number of rotatable bonds is 10. The maximum atomic E-state index is 13.8. The molecule has 1 saturated heterocycles. The van der Waals surface area contributed by atoms with Gasteiger partial charge in [-0.3, -0.25) is 0 Å². The van der Waals surface area contributed by atoms with Gasteiger partial charge in [-0.15, -0.1) is 6.58 Å². The maximum Gasteiger partial charge on any atom is 0.243 e. The smallest absolute Gasteiger partial charge is 0.243 e. The molecule has 3 rings (SSSR count). The van der Waals surface area contributed by atoms with Gasteiger partial charge in [-0.05, 0) is 50.3 Å². The van der Waals surface area contributed by atoms with Gasteiger partial charge < -0.3 is 4.74 Å². The van der Waals surface area contributed by atoms with E-state index in [0.29, 0.717) is 24.5 Å². The zero-order chi connectivity index (χ0) is 21.6. The fourth-order valence-corrected chi connectivity index (χ4v) is 6.66. The number of benzene rings is 2. The lowest BCUT2D eigenvalue weighted by Gasteiger charge is -2.39. The van der Waals surface area contributed by atoms with Crippen molar-refractivity contribution in [2.24, 2.45) is 0 Å². The van der Waals surface area contributed by atoms with E-state index in [9.17, 15) is 8.42 Å². The SMILES string of the molecule is C=CC[C@]1(CCC)CC[C@@H](COCc2ccccc2)N1S(=O)(=O)c1ccc(C)cc1. The van der Waals surface area contributed by atoms with E-state index in [0.717, 1.165) is 36.8 Å². The molecule has 0 bridgehead atoms. The second-order valence-corrected chi connectivity index (χ2v) is 10.1. The summed E-state index contributed by atoms with van der Waals surface area (Å²) in [6, 6.07) is 17.0. The quantitative estimate of drug-likeness (QED) is 0.472. The van der Waals surface area contributed by atoms with Gasteiger partial charge >= 0.3 is 0 Å². The fraction of sp³-hybridized carbons (Fsp3) is 0.440. The summed E-state index contributed by atoms with van der Waals surface area (Å²) in [5.41, 5.74) is 1.71. The molecular formula is C25H33NO3S. The maximum absolute atomic E-state index is 13.8. The first-order valence-electron chi connectivity index (χ1n) is 10.8. The van der Waals surface area contributed by atoms with Gasteiger partial charge in [-0.1, -0.05) is 67.4 Å². The lowest BCUT2D eigenvalue weighted by atomic mass is 9.88. The van der Waals surface area contributed by atoms with Crippen LogP contribution in [0, 0.1) is 6.92 Å². The van der Waals surface area contributed by atoms with Gasteiger partial charge in [0.1, 0.15) is 0 Å². The van der Waals surface area contributed by atoms with Gasteiger partial charge in [0.25, 0.3) is 0 Å². The van der Waals surface area contributed by atoms with Crippen molar-refractivity contribution in [2.75, 3.05) is 6.61 Å². The van der Waals surface area contributed by atoms with E-state index in [4.69, 9.17) is 4.74 Å². The largest absolute Gasteiger partial charge is 0.375 e. The first kappa shape index (κ1) is 22.7. The minimum Gasteiger partial charge on any atom is -0.375 e. The van der Waals surface area contributed by atoms with E-state index in [2.05, 4.69) is 13.5 Å². The Morgan fingerprint density at radius 2 is 1.87 bits per heavy atom. The summed E-state index contributed by atoms with van der Waals surface area (Å²) in [7, 11) is -3.65. The highest BCUT2D eigenvalue weighted by atomic mass is 32.2. The highest BCUT2D eigenvalue weighted by Gasteiger charge is 2.51. The van der Waals surface area contributed by atoms with Gasteiger partial charge in [-0.2, -0.15) is 4.31 Å². The van der Waals surface area contributed by atoms with E-state index < -0.39 is 15.6 Å². The first-order valence-corrected chi connectivity index (χ1v) is 12.2. The molecule has 0 spiro atoms. The molecule has 5 heteroatoms. The fourth-order valence-electron chi connectivity index (χ4n) is 4.63. The lowest BCUT2D eigenvalue weighted by molar-refractivity contribution is 0.0687. The number of hydrogen-bond donors (Lipinski definition) is 0. The number of aryl methyl sites for hydroxylation is 1. The van der Waals surface area contributed by atoms with Gasteiger partial charge in [0.2, 0.25) is 10.0 Å². The molecule has 0 aromatic heterocycles. The molecule has 2 aromatic rings. The summed E-state index contributed by atoms with van der Waals surface area (Å²) in [4.78, 5) is 0.354. The predicted molar refractivity (Wildman–Crippen MR) is 122 cm³/mol. The summed E-state index contributed by atoms with van der Waals surface area (Å²) in [5, 5.41) is 0. The summed E-state index contributed by atoms with van der Waals surface area (Å²) in [5.74, 6) is 0. The standard InChI is InChI=1S/C25H33NO3S/c1-4-16-25(17-5-2)18-15-23(20-29-19-22-9-7-6-8-10-22)26(25)30(27,28)24-13-11-21(3)12-14-24/h4,6-14,23H,1,5,15-20H2,2-3H3/t23-,25-/m0/s1. The Balaban J connectivity index is 1.89. The topological polar surface area (TPSA) is 46.6 Å². The third-order valence-corrected chi connectivity index (χ3v) is 8.05. The van der Waals surface area contributed by atoms with Crippen LogP contribution in [0.4, 0.5) is 0 Å². The normalized spacial score (nSPS) is 22.3. The second kappa shape index (κ2) is 9.90. The average Bonchev–Trinajstić information content (AvgIpc) is 3.08. The number of ether oxygens (including phenoxy) is 1. The zero-order valence-electron chi connectivity index (χ0n) is 18.1. The summed E-state index contributed by atoms with van der Waals surface area (Å²) >= 11 is 0. The van der Waals surface area contributed by atoms with Crippen molar-refractivity contribution < 1.29 is 13.2 Å². The molecule has 1 aliphatic heterocycles. The summed E-state index contributed by atoms with van der Waals surface area (Å²) in [6.45, 7) is 8.88. The third-order valence-electron chi connectivity index (χ3n) is 5.98. The van der Waals surface area contributed by atoms with E-state index in [1.165, 1.54) is 0 Å². The molecular weight excluding hydrogens is 394 g/mol. The molecule has 2 aromatic carbocycles. The van der Waals surface area contributed by atoms with Crippen LogP contribution in [-0.4, -0.2) is 30.9 Å². The molecule has 30 heavy (non-hydrogen) atoms. The highest BCUT2D eigenvalue weighted by molar-refractivity contribution is 7.89. The Kier molecular flexibility index (Phi) is 7.50. The Bertz CT molecular complexity index is 925. The molecule has 0 radical (unpaired) electrons.